The Bertz CT molecular complexity index is 1990. The second-order valence-electron chi connectivity index (χ2n) is 11.3. The van der Waals surface area contributed by atoms with Gasteiger partial charge in [0.05, 0.1) is 13.2 Å². The van der Waals surface area contributed by atoms with Crippen molar-refractivity contribution in [1.82, 2.24) is 0 Å². The van der Waals surface area contributed by atoms with Crippen molar-refractivity contribution in [3.63, 3.8) is 0 Å². The average molecular weight is 651 g/mol. The zero-order chi connectivity index (χ0) is 32.5. The fourth-order valence-corrected chi connectivity index (χ4v) is 8.37. The van der Waals surface area contributed by atoms with Crippen LogP contribution in [0.4, 0.5) is 0 Å². The highest BCUT2D eigenvalue weighted by atomic mass is 31.1. The van der Waals surface area contributed by atoms with Crippen LogP contribution in [-0.2, 0) is 22.7 Å². The summed E-state index contributed by atoms with van der Waals surface area (Å²) in [5.74, 6) is 1.65. The molecule has 1 N–H and O–H groups in total. The van der Waals surface area contributed by atoms with Crippen LogP contribution in [-0.4, -0.2) is 18.7 Å². The van der Waals surface area contributed by atoms with E-state index in [2.05, 4.69) is 48.5 Å². The van der Waals surface area contributed by atoms with E-state index in [1.165, 1.54) is 0 Å². The van der Waals surface area contributed by atoms with Crippen LogP contribution >= 0.6 is 7.92 Å². The molecule has 7 aromatic rings. The Labute approximate surface area is 281 Å². The van der Waals surface area contributed by atoms with E-state index in [4.69, 9.17) is 18.9 Å². The second-order valence-corrected chi connectivity index (χ2v) is 13.4. The van der Waals surface area contributed by atoms with Crippen molar-refractivity contribution < 1.29 is 24.1 Å². The summed E-state index contributed by atoms with van der Waals surface area (Å²) in [4.78, 5) is 0. The van der Waals surface area contributed by atoms with E-state index in [-0.39, 0.29) is 19.3 Å². The second kappa shape index (κ2) is 15.1. The van der Waals surface area contributed by atoms with Gasteiger partial charge in [0.15, 0.2) is 13.6 Å². The van der Waals surface area contributed by atoms with Gasteiger partial charge >= 0.3 is 0 Å². The van der Waals surface area contributed by atoms with Gasteiger partial charge in [-0.3, -0.25) is 0 Å². The van der Waals surface area contributed by atoms with Gasteiger partial charge in [0.2, 0.25) is 0 Å². The highest BCUT2D eigenvalue weighted by molar-refractivity contribution is 7.80. The molecule has 0 amide bonds. The molecule has 0 spiro atoms. The predicted octanol–water partition coefficient (Wildman–Crippen LogP) is 8.56. The first-order valence-corrected chi connectivity index (χ1v) is 17.2. The number of hydrogen-bond donors (Lipinski definition) is 1. The number of phenols is 1. The molecule has 0 atom stereocenters. The highest BCUT2D eigenvalue weighted by Gasteiger charge is 2.28. The number of phenolic OH excluding ortho intramolecular Hbond substituents is 1. The van der Waals surface area contributed by atoms with E-state index in [9.17, 15) is 5.11 Å². The van der Waals surface area contributed by atoms with Crippen LogP contribution in [0.15, 0.2) is 158 Å². The Morgan fingerprint density at radius 2 is 0.854 bits per heavy atom. The zero-order valence-corrected chi connectivity index (χ0v) is 27.3. The summed E-state index contributed by atoms with van der Waals surface area (Å²) >= 11 is 0. The van der Waals surface area contributed by atoms with Crippen LogP contribution in [0.25, 0.3) is 21.5 Å². The van der Waals surface area contributed by atoms with Gasteiger partial charge in [0.25, 0.3) is 0 Å². The van der Waals surface area contributed by atoms with E-state index in [0.29, 0.717) is 13.2 Å². The summed E-state index contributed by atoms with van der Waals surface area (Å²) < 4.78 is 25.2. The zero-order valence-electron chi connectivity index (χ0n) is 26.4. The van der Waals surface area contributed by atoms with Gasteiger partial charge in [0, 0.05) is 26.7 Å². The quantitative estimate of drug-likeness (QED) is 0.0770. The Morgan fingerprint density at radius 3 is 1.35 bits per heavy atom. The number of para-hydroxylation sites is 1. The molecule has 0 radical (unpaired) electrons. The Kier molecular flexibility index (Phi) is 9.91. The average Bonchev–Trinajstić information content (AvgIpc) is 3.14. The van der Waals surface area contributed by atoms with Gasteiger partial charge in [-0.1, -0.05) is 140 Å². The topological polar surface area (TPSA) is 57.2 Å². The fourth-order valence-electron chi connectivity index (χ4n) is 5.83. The van der Waals surface area contributed by atoms with E-state index in [1.807, 2.05) is 103 Å². The van der Waals surface area contributed by atoms with E-state index < -0.39 is 7.92 Å². The summed E-state index contributed by atoms with van der Waals surface area (Å²) in [5, 5.41) is 18.1. The predicted molar refractivity (Wildman–Crippen MR) is 195 cm³/mol. The maximum Gasteiger partial charge on any atom is 0.189 e. The van der Waals surface area contributed by atoms with Gasteiger partial charge in [-0.05, 0) is 48.0 Å². The molecular formula is C42H35O5P. The largest absolute Gasteiger partial charge is 0.507 e. The summed E-state index contributed by atoms with van der Waals surface area (Å²) in [5.41, 5.74) is 2.14. The molecule has 0 aliphatic rings. The minimum Gasteiger partial charge on any atom is -0.507 e. The third-order valence-electron chi connectivity index (χ3n) is 8.12. The van der Waals surface area contributed by atoms with Crippen molar-refractivity contribution in [3.8, 4) is 17.2 Å². The standard InChI is InChI=1S/C42H35O5P/c43-37-21-11-12-22-38(37)48(39-25-23-33-17-7-9-19-35(33)41(39)46-29-44-27-31-13-3-1-4-14-31)40-26-24-34-18-8-10-20-36(34)42(40)47-30-45-28-32-15-5-2-6-16-32/h1-26,43H,27-30H2. The van der Waals surface area contributed by atoms with Gasteiger partial charge in [0.1, 0.15) is 17.2 Å². The molecule has 0 aromatic heterocycles. The summed E-state index contributed by atoms with van der Waals surface area (Å²) in [6.07, 6.45) is 0. The van der Waals surface area contributed by atoms with E-state index in [1.54, 1.807) is 6.07 Å². The Morgan fingerprint density at radius 1 is 0.417 bits per heavy atom. The molecule has 48 heavy (non-hydrogen) atoms. The summed E-state index contributed by atoms with van der Waals surface area (Å²) in [6, 6.07) is 52.4. The van der Waals surface area contributed by atoms with Crippen molar-refractivity contribution >= 4 is 45.4 Å². The number of fused-ring (bicyclic) bond motifs is 2. The molecule has 7 aromatic carbocycles. The lowest BCUT2D eigenvalue weighted by Gasteiger charge is -2.26. The lowest BCUT2D eigenvalue weighted by Crippen LogP contribution is -2.25. The molecule has 5 nitrogen and oxygen atoms in total. The van der Waals surface area contributed by atoms with Crippen molar-refractivity contribution in [2.45, 2.75) is 13.2 Å². The van der Waals surface area contributed by atoms with Crippen LogP contribution in [0.5, 0.6) is 17.2 Å². The Balaban J connectivity index is 1.31. The number of hydrogen-bond acceptors (Lipinski definition) is 5. The molecule has 0 unspecified atom stereocenters. The molecular weight excluding hydrogens is 615 g/mol. The van der Waals surface area contributed by atoms with Crippen LogP contribution in [0, 0.1) is 0 Å². The highest BCUT2D eigenvalue weighted by Crippen LogP contribution is 2.45. The maximum atomic E-state index is 11.4. The molecule has 0 aliphatic carbocycles. The van der Waals surface area contributed by atoms with Crippen molar-refractivity contribution in [2.75, 3.05) is 13.6 Å². The molecule has 0 bridgehead atoms. The van der Waals surface area contributed by atoms with Gasteiger partial charge < -0.3 is 24.1 Å². The molecule has 7 rings (SSSR count). The van der Waals surface area contributed by atoms with Crippen molar-refractivity contribution in [1.29, 1.82) is 0 Å². The van der Waals surface area contributed by atoms with Crippen LogP contribution in [0.2, 0.25) is 0 Å². The third-order valence-corrected chi connectivity index (χ3v) is 10.6. The molecule has 238 valence electrons. The smallest absolute Gasteiger partial charge is 0.189 e. The minimum absolute atomic E-state index is 0.0637. The van der Waals surface area contributed by atoms with Gasteiger partial charge in [-0.15, -0.1) is 0 Å². The molecule has 0 heterocycles. The molecule has 0 aliphatic heterocycles. The number of benzene rings is 7. The Hall–Kier alpha value is -5.19. The summed E-state index contributed by atoms with van der Waals surface area (Å²) in [7, 11) is -1.40. The number of rotatable bonds is 13. The molecule has 0 saturated carbocycles. The first kappa shape index (κ1) is 31.4. The molecule has 0 saturated heterocycles. The van der Waals surface area contributed by atoms with E-state index in [0.717, 1.165) is 60.1 Å². The molecule has 6 heteroatoms. The minimum atomic E-state index is -1.40. The normalized spacial score (nSPS) is 11.3. The lowest BCUT2D eigenvalue weighted by atomic mass is 10.1. The van der Waals surface area contributed by atoms with Crippen LogP contribution in [0.1, 0.15) is 11.1 Å². The van der Waals surface area contributed by atoms with Crippen molar-refractivity contribution in [3.05, 3.63) is 169 Å². The monoisotopic (exact) mass is 650 g/mol. The fraction of sp³-hybridized carbons (Fsp3) is 0.0952. The van der Waals surface area contributed by atoms with Crippen LogP contribution in [0.3, 0.4) is 0 Å². The van der Waals surface area contributed by atoms with Gasteiger partial charge in [-0.2, -0.15) is 0 Å². The van der Waals surface area contributed by atoms with Crippen LogP contribution < -0.4 is 25.4 Å². The maximum absolute atomic E-state index is 11.4. The van der Waals surface area contributed by atoms with Crippen molar-refractivity contribution in [2.24, 2.45) is 0 Å². The SMILES string of the molecule is Oc1ccccc1P(c1ccc2ccccc2c1OCOCc1ccccc1)c1ccc2ccccc2c1OCOCc1ccccc1. The lowest BCUT2D eigenvalue weighted by molar-refractivity contribution is 0.00645. The van der Waals surface area contributed by atoms with E-state index >= 15 is 0 Å². The number of aromatic hydroxyl groups is 1. The van der Waals surface area contributed by atoms with Gasteiger partial charge in [-0.25, -0.2) is 0 Å². The first-order chi connectivity index (χ1) is 23.8. The number of ether oxygens (including phenoxy) is 4. The third kappa shape index (κ3) is 7.05. The first-order valence-electron chi connectivity index (χ1n) is 15.9. The molecule has 0 fully saturated rings. The summed E-state index contributed by atoms with van der Waals surface area (Å²) in [6.45, 7) is 0.990.